The molecule has 0 unspecified atom stereocenters. The summed E-state index contributed by atoms with van der Waals surface area (Å²) in [7, 11) is 3.08. The van der Waals surface area contributed by atoms with Crippen LogP contribution in [0.15, 0.2) is 0 Å². The van der Waals surface area contributed by atoms with Gasteiger partial charge in [-0.25, -0.2) is 0 Å². The van der Waals surface area contributed by atoms with E-state index < -0.39 is 5.54 Å². The molecule has 1 fully saturated rings. The molecule has 4 heteroatoms. The lowest BCUT2D eigenvalue weighted by molar-refractivity contribution is -0.155. The minimum Gasteiger partial charge on any atom is -0.468 e. The third-order valence-corrected chi connectivity index (χ3v) is 2.74. The van der Waals surface area contributed by atoms with Gasteiger partial charge in [0.2, 0.25) is 0 Å². The zero-order valence-corrected chi connectivity index (χ0v) is 9.13. The molecule has 0 aromatic rings. The number of rotatable bonds is 5. The SMILES string of the molecule is COCCNC1(C(=O)OC)CC(C)C1. The van der Waals surface area contributed by atoms with E-state index in [0.29, 0.717) is 19.1 Å². The van der Waals surface area contributed by atoms with Crippen LogP contribution in [0.25, 0.3) is 0 Å². The van der Waals surface area contributed by atoms with Crippen molar-refractivity contribution in [2.24, 2.45) is 5.92 Å². The minimum absolute atomic E-state index is 0.147. The standard InChI is InChI=1S/C10H19NO3/c1-8-6-10(7-8,9(12)14-3)11-4-5-13-2/h8,11H,4-7H2,1-3H3. The van der Waals surface area contributed by atoms with Crippen LogP contribution in [0.4, 0.5) is 0 Å². The van der Waals surface area contributed by atoms with Crippen LogP contribution in [-0.4, -0.2) is 38.9 Å². The van der Waals surface area contributed by atoms with E-state index in [1.807, 2.05) is 0 Å². The Morgan fingerprint density at radius 3 is 2.57 bits per heavy atom. The summed E-state index contributed by atoms with van der Waals surface area (Å²) in [5, 5.41) is 3.22. The molecule has 1 aliphatic rings. The van der Waals surface area contributed by atoms with Crippen molar-refractivity contribution in [3.63, 3.8) is 0 Å². The normalized spacial score (nSPS) is 30.9. The third-order valence-electron chi connectivity index (χ3n) is 2.74. The van der Waals surface area contributed by atoms with Crippen LogP contribution in [-0.2, 0) is 14.3 Å². The Morgan fingerprint density at radius 2 is 2.14 bits per heavy atom. The number of hydrogen-bond acceptors (Lipinski definition) is 4. The van der Waals surface area contributed by atoms with Crippen molar-refractivity contribution >= 4 is 5.97 Å². The molecule has 1 rings (SSSR count). The Morgan fingerprint density at radius 1 is 1.50 bits per heavy atom. The second-order valence-corrected chi connectivity index (χ2v) is 4.01. The van der Waals surface area contributed by atoms with Crippen molar-refractivity contribution in [2.45, 2.75) is 25.3 Å². The third kappa shape index (κ3) is 2.25. The van der Waals surface area contributed by atoms with Crippen molar-refractivity contribution in [3.05, 3.63) is 0 Å². The molecule has 82 valence electrons. The minimum atomic E-state index is -0.438. The van der Waals surface area contributed by atoms with Gasteiger partial charge >= 0.3 is 5.97 Å². The van der Waals surface area contributed by atoms with Gasteiger partial charge < -0.3 is 9.47 Å². The molecule has 1 saturated carbocycles. The first-order valence-electron chi connectivity index (χ1n) is 4.97. The zero-order chi connectivity index (χ0) is 10.6. The number of esters is 1. The highest BCUT2D eigenvalue weighted by Crippen LogP contribution is 2.38. The molecule has 0 aromatic heterocycles. The van der Waals surface area contributed by atoms with E-state index in [0.717, 1.165) is 12.8 Å². The molecule has 0 bridgehead atoms. The fourth-order valence-corrected chi connectivity index (χ4v) is 2.10. The fourth-order valence-electron chi connectivity index (χ4n) is 2.10. The maximum absolute atomic E-state index is 11.5. The lowest BCUT2D eigenvalue weighted by Crippen LogP contribution is -2.61. The molecule has 14 heavy (non-hydrogen) atoms. The van der Waals surface area contributed by atoms with Crippen LogP contribution < -0.4 is 5.32 Å². The molecule has 0 saturated heterocycles. The molecular weight excluding hydrogens is 182 g/mol. The van der Waals surface area contributed by atoms with Crippen LogP contribution >= 0.6 is 0 Å². The summed E-state index contributed by atoms with van der Waals surface area (Å²) < 4.78 is 9.73. The number of methoxy groups -OCH3 is 2. The molecule has 1 aliphatic carbocycles. The van der Waals surface area contributed by atoms with Gasteiger partial charge in [0.25, 0.3) is 0 Å². The summed E-state index contributed by atoms with van der Waals surface area (Å²) in [6, 6.07) is 0. The highest BCUT2D eigenvalue weighted by atomic mass is 16.5. The summed E-state index contributed by atoms with van der Waals surface area (Å²) in [6.45, 7) is 3.45. The second kappa shape index (κ2) is 4.75. The summed E-state index contributed by atoms with van der Waals surface area (Å²) in [5.74, 6) is 0.454. The van der Waals surface area contributed by atoms with Gasteiger partial charge in [0, 0.05) is 13.7 Å². The molecule has 4 nitrogen and oxygen atoms in total. The predicted octanol–water partition coefficient (Wildman–Crippen LogP) is 0.564. The van der Waals surface area contributed by atoms with E-state index in [4.69, 9.17) is 9.47 Å². The van der Waals surface area contributed by atoms with E-state index in [2.05, 4.69) is 12.2 Å². The fraction of sp³-hybridized carbons (Fsp3) is 0.900. The molecule has 0 aliphatic heterocycles. The van der Waals surface area contributed by atoms with Crippen molar-refractivity contribution in [1.29, 1.82) is 0 Å². The summed E-state index contributed by atoms with van der Waals surface area (Å²) in [4.78, 5) is 11.5. The largest absolute Gasteiger partial charge is 0.468 e. The van der Waals surface area contributed by atoms with Gasteiger partial charge in [-0.05, 0) is 18.8 Å². The van der Waals surface area contributed by atoms with E-state index in [-0.39, 0.29) is 5.97 Å². The molecular formula is C10H19NO3. The van der Waals surface area contributed by atoms with E-state index >= 15 is 0 Å². The van der Waals surface area contributed by atoms with Gasteiger partial charge in [0.15, 0.2) is 0 Å². The van der Waals surface area contributed by atoms with Gasteiger partial charge in [-0.1, -0.05) is 6.92 Å². The maximum Gasteiger partial charge on any atom is 0.326 e. The predicted molar refractivity (Wildman–Crippen MR) is 53.0 cm³/mol. The number of nitrogens with one attached hydrogen (secondary N) is 1. The molecule has 1 N–H and O–H groups in total. The summed E-state index contributed by atoms with van der Waals surface area (Å²) in [5.41, 5.74) is -0.438. The van der Waals surface area contributed by atoms with Gasteiger partial charge in [0.05, 0.1) is 13.7 Å². The topological polar surface area (TPSA) is 47.6 Å². The smallest absolute Gasteiger partial charge is 0.326 e. The lowest BCUT2D eigenvalue weighted by atomic mass is 9.69. The average Bonchev–Trinajstić information content (AvgIpc) is 2.13. The van der Waals surface area contributed by atoms with Gasteiger partial charge in [0.1, 0.15) is 5.54 Å². The molecule has 0 aromatic carbocycles. The maximum atomic E-state index is 11.5. The number of carbonyl (C=O) groups excluding carboxylic acids is 1. The van der Waals surface area contributed by atoms with Crippen LogP contribution in [0, 0.1) is 5.92 Å². The van der Waals surface area contributed by atoms with Crippen LogP contribution in [0.1, 0.15) is 19.8 Å². The first kappa shape index (κ1) is 11.5. The summed E-state index contributed by atoms with van der Waals surface area (Å²) in [6.07, 6.45) is 1.73. The van der Waals surface area contributed by atoms with Gasteiger partial charge in [-0.2, -0.15) is 0 Å². The molecule has 0 amide bonds. The Hall–Kier alpha value is -0.610. The molecule has 0 atom stereocenters. The average molecular weight is 201 g/mol. The van der Waals surface area contributed by atoms with Crippen molar-refractivity contribution in [3.8, 4) is 0 Å². The Bertz CT molecular complexity index is 200. The van der Waals surface area contributed by atoms with E-state index in [9.17, 15) is 4.79 Å². The molecule has 0 heterocycles. The Labute approximate surface area is 85.0 Å². The van der Waals surface area contributed by atoms with E-state index in [1.54, 1.807) is 7.11 Å². The van der Waals surface area contributed by atoms with Gasteiger partial charge in [-0.3, -0.25) is 10.1 Å². The molecule has 0 spiro atoms. The monoisotopic (exact) mass is 201 g/mol. The van der Waals surface area contributed by atoms with Crippen molar-refractivity contribution in [1.82, 2.24) is 5.32 Å². The van der Waals surface area contributed by atoms with Crippen LogP contribution in [0.3, 0.4) is 0 Å². The van der Waals surface area contributed by atoms with Crippen molar-refractivity contribution < 1.29 is 14.3 Å². The highest BCUT2D eigenvalue weighted by Gasteiger charge is 2.48. The van der Waals surface area contributed by atoms with Crippen LogP contribution in [0.2, 0.25) is 0 Å². The van der Waals surface area contributed by atoms with Crippen molar-refractivity contribution in [2.75, 3.05) is 27.4 Å². The lowest BCUT2D eigenvalue weighted by Gasteiger charge is -2.44. The first-order valence-corrected chi connectivity index (χ1v) is 4.97. The van der Waals surface area contributed by atoms with E-state index in [1.165, 1.54) is 7.11 Å². The Kier molecular flexibility index (Phi) is 3.89. The number of carbonyl (C=O) groups is 1. The zero-order valence-electron chi connectivity index (χ0n) is 9.13. The van der Waals surface area contributed by atoms with Crippen LogP contribution in [0.5, 0.6) is 0 Å². The summed E-state index contributed by atoms with van der Waals surface area (Å²) >= 11 is 0. The first-order chi connectivity index (χ1) is 6.64. The quantitative estimate of drug-likeness (QED) is 0.521. The Balaban J connectivity index is 2.43. The highest BCUT2D eigenvalue weighted by molar-refractivity contribution is 5.82. The number of hydrogen-bond donors (Lipinski definition) is 1. The number of ether oxygens (including phenoxy) is 2. The molecule has 0 radical (unpaired) electrons. The van der Waals surface area contributed by atoms with Gasteiger partial charge in [-0.15, -0.1) is 0 Å². The second-order valence-electron chi connectivity index (χ2n) is 4.01.